The van der Waals surface area contributed by atoms with E-state index in [1.165, 1.54) is 0 Å². The molecule has 0 saturated carbocycles. The Morgan fingerprint density at radius 2 is 1.82 bits per heavy atom. The van der Waals surface area contributed by atoms with Gasteiger partial charge in [0.25, 0.3) is 9.70 Å². The molecule has 2 aliphatic heterocycles. The van der Waals surface area contributed by atoms with Crippen LogP contribution in [0.5, 0.6) is 0 Å². The molecule has 5 atom stereocenters. The van der Waals surface area contributed by atoms with Gasteiger partial charge in [0.2, 0.25) is 0 Å². The van der Waals surface area contributed by atoms with E-state index in [0.29, 0.717) is 26.2 Å². The standard InChI is InChI=1S/C28H42Cl3NO6Si/c1-9-27(32-24(33)28(29,30)31)21(36-23-22(27)37-26(5,6)38-23)20(18-35-39(7,8)25(2,3)4)15-16-34-17-19-13-11-10-12-14-19/h9-14,20-23H,1,15-18H2,2-8H3,(H,32,33)/t20-,21-,22-,23+,27-/m0/s1. The van der Waals surface area contributed by atoms with Crippen LogP contribution >= 0.6 is 34.8 Å². The Kier molecular flexibility index (Phi) is 10.3. The minimum Gasteiger partial charge on any atom is -0.416 e. The highest BCUT2D eigenvalue weighted by atomic mass is 35.6. The lowest BCUT2D eigenvalue weighted by Crippen LogP contribution is -2.64. The van der Waals surface area contributed by atoms with Crippen LogP contribution in [0.2, 0.25) is 18.1 Å². The third kappa shape index (κ3) is 7.79. The van der Waals surface area contributed by atoms with E-state index in [1.807, 2.05) is 30.3 Å². The molecule has 1 aromatic rings. The van der Waals surface area contributed by atoms with Crippen LogP contribution in [0.15, 0.2) is 43.0 Å². The SMILES string of the molecule is C=C[C@]1(NC(=O)C(Cl)(Cl)Cl)[C@H]([C@@H](CCOCc2ccccc2)CO[Si](C)(C)C(C)(C)C)O[C@@H]2OC(C)(C)O[C@@H]21. The highest BCUT2D eigenvalue weighted by molar-refractivity contribution is 6.76. The molecule has 11 heteroatoms. The third-order valence-electron chi connectivity index (χ3n) is 7.84. The highest BCUT2D eigenvalue weighted by Crippen LogP contribution is 2.47. The first-order chi connectivity index (χ1) is 17.9. The number of alkyl halides is 3. The average Bonchev–Trinajstić information content (AvgIpc) is 3.28. The molecule has 1 aromatic carbocycles. The van der Waals surface area contributed by atoms with Crippen molar-refractivity contribution in [2.24, 2.45) is 5.92 Å². The minimum atomic E-state index is -2.19. The first-order valence-corrected chi connectivity index (χ1v) is 17.3. The second kappa shape index (κ2) is 12.3. The quantitative estimate of drug-likeness (QED) is 0.131. The van der Waals surface area contributed by atoms with Crippen molar-refractivity contribution in [3.05, 3.63) is 48.6 Å². The van der Waals surface area contributed by atoms with Crippen LogP contribution in [0.4, 0.5) is 0 Å². The summed E-state index contributed by atoms with van der Waals surface area (Å²) in [5.41, 5.74) is -0.169. The zero-order valence-corrected chi connectivity index (χ0v) is 27.2. The molecule has 1 N–H and O–H groups in total. The Hall–Kier alpha value is -0.683. The van der Waals surface area contributed by atoms with Crippen molar-refractivity contribution in [2.75, 3.05) is 13.2 Å². The molecule has 39 heavy (non-hydrogen) atoms. The number of ether oxygens (including phenoxy) is 4. The van der Waals surface area contributed by atoms with Crippen molar-refractivity contribution in [1.29, 1.82) is 0 Å². The van der Waals surface area contributed by atoms with E-state index in [0.717, 1.165) is 5.56 Å². The number of carbonyl (C=O) groups is 1. The van der Waals surface area contributed by atoms with Crippen LogP contribution in [-0.2, 0) is 34.8 Å². The number of hydrogen-bond acceptors (Lipinski definition) is 6. The maximum Gasteiger partial charge on any atom is 0.273 e. The van der Waals surface area contributed by atoms with Crippen molar-refractivity contribution in [1.82, 2.24) is 5.32 Å². The van der Waals surface area contributed by atoms with E-state index in [2.05, 4.69) is 45.8 Å². The number of carbonyl (C=O) groups excluding carboxylic acids is 1. The van der Waals surface area contributed by atoms with Gasteiger partial charge in [-0.25, -0.2) is 0 Å². The summed E-state index contributed by atoms with van der Waals surface area (Å²) >= 11 is 17.9. The van der Waals surface area contributed by atoms with Gasteiger partial charge in [-0.05, 0) is 44.0 Å². The smallest absolute Gasteiger partial charge is 0.273 e. The molecule has 1 amide bonds. The van der Waals surface area contributed by atoms with Crippen LogP contribution in [0.3, 0.4) is 0 Å². The van der Waals surface area contributed by atoms with E-state index >= 15 is 0 Å². The van der Waals surface area contributed by atoms with E-state index < -0.39 is 47.8 Å². The maximum atomic E-state index is 13.0. The number of nitrogens with one attached hydrogen (secondary N) is 1. The number of benzene rings is 1. The van der Waals surface area contributed by atoms with Gasteiger partial charge in [0.1, 0.15) is 11.6 Å². The van der Waals surface area contributed by atoms with Crippen molar-refractivity contribution < 1.29 is 28.2 Å². The fourth-order valence-corrected chi connectivity index (χ4v) is 5.82. The van der Waals surface area contributed by atoms with Crippen LogP contribution in [0, 0.1) is 5.92 Å². The summed E-state index contributed by atoms with van der Waals surface area (Å²) in [7, 11) is -2.12. The number of rotatable bonds is 11. The molecule has 2 heterocycles. The van der Waals surface area contributed by atoms with Crippen molar-refractivity contribution in [3.63, 3.8) is 0 Å². The molecule has 7 nitrogen and oxygen atoms in total. The van der Waals surface area contributed by atoms with E-state index in [9.17, 15) is 4.79 Å². The molecule has 2 aliphatic rings. The van der Waals surface area contributed by atoms with Crippen molar-refractivity contribution in [2.45, 2.75) is 99.4 Å². The third-order valence-corrected chi connectivity index (χ3v) is 12.9. The van der Waals surface area contributed by atoms with Gasteiger partial charge in [0.15, 0.2) is 20.4 Å². The first kappa shape index (κ1) is 32.8. The van der Waals surface area contributed by atoms with Crippen LogP contribution in [0.25, 0.3) is 0 Å². The molecule has 2 fully saturated rings. The summed E-state index contributed by atoms with van der Waals surface area (Å²) in [6, 6.07) is 9.97. The molecular weight excluding hydrogens is 581 g/mol. The summed E-state index contributed by atoms with van der Waals surface area (Å²) in [6.45, 7) is 19.9. The zero-order valence-electron chi connectivity index (χ0n) is 23.9. The molecule has 220 valence electrons. The second-order valence-corrected chi connectivity index (χ2v) is 19.3. The average molecular weight is 623 g/mol. The lowest BCUT2D eigenvalue weighted by molar-refractivity contribution is -0.218. The van der Waals surface area contributed by atoms with Gasteiger partial charge in [-0.15, -0.1) is 6.58 Å². The Bertz CT molecular complexity index is 997. The van der Waals surface area contributed by atoms with Gasteiger partial charge in [-0.1, -0.05) is 92.0 Å². The Labute approximate surface area is 248 Å². The maximum absolute atomic E-state index is 13.0. The molecule has 3 rings (SSSR count). The first-order valence-electron chi connectivity index (χ1n) is 13.2. The number of halogens is 3. The van der Waals surface area contributed by atoms with E-state index in [4.69, 9.17) is 58.2 Å². The molecule has 0 bridgehead atoms. The minimum absolute atomic E-state index is 0.00383. The topological polar surface area (TPSA) is 75.3 Å². The van der Waals surface area contributed by atoms with Crippen molar-refractivity contribution in [3.8, 4) is 0 Å². The van der Waals surface area contributed by atoms with Gasteiger partial charge in [-0.2, -0.15) is 0 Å². The fourth-order valence-electron chi connectivity index (χ4n) is 4.62. The summed E-state index contributed by atoms with van der Waals surface area (Å²) in [5, 5.41) is 2.90. The Morgan fingerprint density at radius 3 is 2.38 bits per heavy atom. The molecular formula is C28H42Cl3NO6Si. The second-order valence-electron chi connectivity index (χ2n) is 12.2. The summed E-state index contributed by atoms with van der Waals surface area (Å²) < 4.78 is 29.3. The molecule has 0 spiro atoms. The van der Waals surface area contributed by atoms with Crippen LogP contribution in [0.1, 0.15) is 46.6 Å². The summed E-state index contributed by atoms with van der Waals surface area (Å²) in [5.74, 6) is -1.98. The van der Waals surface area contributed by atoms with Crippen LogP contribution < -0.4 is 5.32 Å². The molecule has 2 saturated heterocycles. The van der Waals surface area contributed by atoms with Crippen molar-refractivity contribution >= 4 is 49.0 Å². The summed E-state index contributed by atoms with van der Waals surface area (Å²) in [6.07, 6.45) is 0.0495. The normalized spacial score (nSPS) is 27.7. The largest absolute Gasteiger partial charge is 0.416 e. The Balaban J connectivity index is 1.90. The van der Waals surface area contributed by atoms with E-state index in [1.54, 1.807) is 19.9 Å². The van der Waals surface area contributed by atoms with Gasteiger partial charge in [-0.3, -0.25) is 4.79 Å². The lowest BCUT2D eigenvalue weighted by atomic mass is 9.80. The monoisotopic (exact) mass is 621 g/mol. The highest BCUT2D eigenvalue weighted by Gasteiger charge is 2.65. The van der Waals surface area contributed by atoms with Gasteiger partial charge < -0.3 is 28.7 Å². The predicted molar refractivity (Wildman–Crippen MR) is 157 cm³/mol. The fraction of sp³-hybridized carbons (Fsp3) is 0.679. The number of hydrogen-bond donors (Lipinski definition) is 1. The van der Waals surface area contributed by atoms with Gasteiger partial charge in [0.05, 0.1) is 12.7 Å². The molecule has 0 aliphatic carbocycles. The van der Waals surface area contributed by atoms with E-state index in [-0.39, 0.29) is 11.0 Å². The zero-order chi connectivity index (χ0) is 29.3. The Morgan fingerprint density at radius 1 is 1.18 bits per heavy atom. The lowest BCUT2D eigenvalue weighted by Gasteiger charge is -2.42. The van der Waals surface area contributed by atoms with Crippen LogP contribution in [-0.4, -0.2) is 61.1 Å². The predicted octanol–water partition coefficient (Wildman–Crippen LogP) is 6.52. The molecule has 0 radical (unpaired) electrons. The number of fused-ring (bicyclic) bond motifs is 1. The molecule has 0 unspecified atom stereocenters. The van der Waals surface area contributed by atoms with Gasteiger partial charge in [0, 0.05) is 19.1 Å². The summed E-state index contributed by atoms with van der Waals surface area (Å²) in [4.78, 5) is 13.0. The molecule has 0 aromatic heterocycles. The number of amides is 1. The van der Waals surface area contributed by atoms with Gasteiger partial charge >= 0.3 is 0 Å².